The lowest BCUT2D eigenvalue weighted by Gasteiger charge is -2.19. The summed E-state index contributed by atoms with van der Waals surface area (Å²) in [6.07, 6.45) is 6.29. The zero-order chi connectivity index (χ0) is 18.5. The maximum atomic E-state index is 12.4. The molecule has 1 N–H and O–H groups in total. The van der Waals surface area contributed by atoms with Crippen molar-refractivity contribution in [3.8, 4) is 0 Å². The number of rotatable bonds is 7. The Kier molecular flexibility index (Phi) is 4.83. The summed E-state index contributed by atoms with van der Waals surface area (Å²) in [6.45, 7) is 8.24. The molecule has 0 fully saturated rings. The number of carbonyl (C=O) groups is 1. The summed E-state index contributed by atoms with van der Waals surface area (Å²) in [7, 11) is 0. The Bertz CT molecular complexity index is 1000. The van der Waals surface area contributed by atoms with E-state index in [4.69, 9.17) is 4.52 Å². The van der Waals surface area contributed by atoms with Gasteiger partial charge in [0.25, 0.3) is 17.6 Å². The van der Waals surface area contributed by atoms with Crippen molar-refractivity contribution in [3.63, 3.8) is 0 Å². The molecule has 0 unspecified atom stereocenters. The van der Waals surface area contributed by atoms with Gasteiger partial charge in [-0.3, -0.25) is 15.1 Å². The molecule has 0 bridgehead atoms. The van der Waals surface area contributed by atoms with Gasteiger partial charge in [0.15, 0.2) is 0 Å². The van der Waals surface area contributed by atoms with Gasteiger partial charge >= 0.3 is 5.76 Å². The van der Waals surface area contributed by atoms with Crippen molar-refractivity contribution in [1.82, 2.24) is 24.5 Å². The van der Waals surface area contributed by atoms with Gasteiger partial charge in [-0.2, -0.15) is 9.97 Å². The Labute approximate surface area is 147 Å². The van der Waals surface area contributed by atoms with Crippen molar-refractivity contribution >= 4 is 23.6 Å². The molecule has 3 heterocycles. The number of pyridine rings is 1. The molecule has 0 spiro atoms. The molecule has 0 saturated carbocycles. The van der Waals surface area contributed by atoms with Crippen LogP contribution in [-0.2, 0) is 0 Å². The molecule has 10 heteroatoms. The molecule has 0 saturated heterocycles. The molecule has 0 aliphatic rings. The maximum absolute atomic E-state index is 12.4. The number of amides is 1. The molecule has 3 aromatic heterocycles. The van der Waals surface area contributed by atoms with Crippen LogP contribution in [0.5, 0.6) is 0 Å². The number of nitrogens with zero attached hydrogens (tertiary/aromatic N) is 6. The van der Waals surface area contributed by atoms with E-state index in [0.717, 1.165) is 4.57 Å². The maximum Gasteiger partial charge on any atom is 0.462 e. The van der Waals surface area contributed by atoms with Crippen molar-refractivity contribution in [1.29, 1.82) is 0 Å². The molecule has 132 valence electrons. The van der Waals surface area contributed by atoms with E-state index >= 15 is 0 Å². The molecule has 3 rings (SSSR count). The summed E-state index contributed by atoms with van der Waals surface area (Å²) >= 11 is 0. The highest BCUT2D eigenvalue weighted by molar-refractivity contribution is 6.03. The summed E-state index contributed by atoms with van der Waals surface area (Å²) in [6, 6.07) is 3.22. The first-order valence-electron chi connectivity index (χ1n) is 7.58. The van der Waals surface area contributed by atoms with Crippen molar-refractivity contribution in [2.45, 2.75) is 0 Å². The summed E-state index contributed by atoms with van der Waals surface area (Å²) < 4.78 is 5.88. The molecule has 10 nitrogen and oxygen atoms in total. The van der Waals surface area contributed by atoms with Crippen LogP contribution in [0.4, 0.5) is 11.9 Å². The molecule has 3 aromatic rings. The molecular weight excluding hydrogens is 338 g/mol. The first-order valence-corrected chi connectivity index (χ1v) is 7.58. The van der Waals surface area contributed by atoms with Gasteiger partial charge in [0.05, 0.1) is 5.56 Å². The summed E-state index contributed by atoms with van der Waals surface area (Å²) in [5.41, 5.74) is 0.317. The Morgan fingerprint density at radius 2 is 2.04 bits per heavy atom. The van der Waals surface area contributed by atoms with Crippen molar-refractivity contribution in [2.75, 3.05) is 23.3 Å². The highest BCUT2D eigenvalue weighted by atomic mass is 16.5. The van der Waals surface area contributed by atoms with Crippen LogP contribution in [0.1, 0.15) is 10.4 Å². The Morgan fingerprint density at radius 1 is 1.27 bits per heavy atom. The second-order valence-electron chi connectivity index (χ2n) is 5.09. The number of aromatic nitrogens is 5. The van der Waals surface area contributed by atoms with Crippen LogP contribution in [0, 0.1) is 0 Å². The molecule has 0 atom stereocenters. The standard InChI is InChI=1S/C16H15N7O3/c1-3-8-22(9-4-2)13-19-14(23-15(20-13)21-16(25)26-23)18-12(24)11-6-5-7-17-10-11/h3-7,10H,1-2,8-9H2,(H,18,19,20,21,24,25). The van der Waals surface area contributed by atoms with Crippen LogP contribution in [0.3, 0.4) is 0 Å². The van der Waals surface area contributed by atoms with Gasteiger partial charge in [-0.1, -0.05) is 16.7 Å². The van der Waals surface area contributed by atoms with Crippen LogP contribution < -0.4 is 16.0 Å². The molecule has 1 amide bonds. The minimum Gasteiger partial charge on any atom is -0.333 e. The van der Waals surface area contributed by atoms with Gasteiger partial charge in [0.2, 0.25) is 5.95 Å². The zero-order valence-corrected chi connectivity index (χ0v) is 13.7. The topological polar surface area (TPSA) is 119 Å². The number of hydrogen-bond donors (Lipinski definition) is 1. The predicted molar refractivity (Wildman–Crippen MR) is 94.1 cm³/mol. The van der Waals surface area contributed by atoms with Crippen molar-refractivity contribution < 1.29 is 9.32 Å². The predicted octanol–water partition coefficient (Wildman–Crippen LogP) is 0.903. The highest BCUT2D eigenvalue weighted by Crippen LogP contribution is 2.14. The Hall–Kier alpha value is -3.82. The number of carbonyl (C=O) groups excluding carboxylic acids is 1. The molecule has 0 aliphatic carbocycles. The van der Waals surface area contributed by atoms with Crippen molar-refractivity contribution in [3.05, 3.63) is 66.0 Å². The summed E-state index contributed by atoms with van der Waals surface area (Å²) in [4.78, 5) is 41.6. The minimum absolute atomic E-state index is 0.0281. The van der Waals surface area contributed by atoms with E-state index in [1.54, 1.807) is 35.4 Å². The van der Waals surface area contributed by atoms with Crippen LogP contribution in [0.15, 0.2) is 59.2 Å². The largest absolute Gasteiger partial charge is 0.462 e. The average molecular weight is 353 g/mol. The lowest BCUT2D eigenvalue weighted by atomic mass is 10.3. The lowest BCUT2D eigenvalue weighted by Crippen LogP contribution is -2.27. The molecule has 0 aliphatic heterocycles. The molecular formula is C16H15N7O3. The fourth-order valence-corrected chi connectivity index (χ4v) is 2.17. The minimum atomic E-state index is -0.854. The van der Waals surface area contributed by atoms with Gasteiger partial charge in [0.1, 0.15) is 0 Å². The van der Waals surface area contributed by atoms with Gasteiger partial charge in [-0.05, 0) is 12.1 Å². The van der Waals surface area contributed by atoms with Crippen LogP contribution in [0.25, 0.3) is 5.78 Å². The van der Waals surface area contributed by atoms with E-state index in [-0.39, 0.29) is 17.7 Å². The second kappa shape index (κ2) is 7.38. The lowest BCUT2D eigenvalue weighted by molar-refractivity contribution is 0.102. The van der Waals surface area contributed by atoms with E-state index in [1.807, 2.05) is 0 Å². The fourth-order valence-electron chi connectivity index (χ4n) is 2.17. The third kappa shape index (κ3) is 3.48. The van der Waals surface area contributed by atoms with E-state index in [9.17, 15) is 9.59 Å². The summed E-state index contributed by atoms with van der Waals surface area (Å²) in [5, 5.41) is 2.58. The van der Waals surface area contributed by atoms with Gasteiger partial charge in [0, 0.05) is 25.5 Å². The number of nitrogens with one attached hydrogen (secondary N) is 1. The van der Waals surface area contributed by atoms with Crippen molar-refractivity contribution in [2.24, 2.45) is 0 Å². The first kappa shape index (κ1) is 17.0. The smallest absolute Gasteiger partial charge is 0.333 e. The fraction of sp³-hybridized carbons (Fsp3) is 0.125. The van der Waals surface area contributed by atoms with E-state index in [2.05, 4.69) is 38.4 Å². The zero-order valence-electron chi connectivity index (χ0n) is 13.7. The SMILES string of the molecule is C=CCN(CC=C)c1nc(NC(=O)c2cccnc2)n2oc(=O)nc2n1. The van der Waals surface area contributed by atoms with E-state index in [1.165, 1.54) is 6.20 Å². The Balaban J connectivity index is 2.04. The van der Waals surface area contributed by atoms with Gasteiger partial charge < -0.3 is 9.42 Å². The Morgan fingerprint density at radius 3 is 2.69 bits per heavy atom. The molecule has 26 heavy (non-hydrogen) atoms. The monoisotopic (exact) mass is 353 g/mol. The number of fused-ring (bicyclic) bond motifs is 1. The average Bonchev–Trinajstić information content (AvgIpc) is 3.02. The van der Waals surface area contributed by atoms with E-state index < -0.39 is 11.7 Å². The van der Waals surface area contributed by atoms with Crippen LogP contribution in [0.2, 0.25) is 0 Å². The van der Waals surface area contributed by atoms with Gasteiger partial charge in [-0.25, -0.2) is 4.79 Å². The summed E-state index contributed by atoms with van der Waals surface area (Å²) in [5.74, 6) is -1.16. The van der Waals surface area contributed by atoms with Gasteiger partial charge in [-0.15, -0.1) is 18.1 Å². The highest BCUT2D eigenvalue weighted by Gasteiger charge is 2.18. The number of hydrogen-bond acceptors (Lipinski definition) is 8. The molecule has 0 aromatic carbocycles. The normalized spacial score (nSPS) is 10.5. The quantitative estimate of drug-likeness (QED) is 0.623. The third-order valence-corrected chi connectivity index (χ3v) is 3.27. The van der Waals surface area contributed by atoms with Crippen LogP contribution in [-0.4, -0.2) is 43.5 Å². The second-order valence-corrected chi connectivity index (χ2v) is 5.09. The molecule has 0 radical (unpaired) electrons. The van der Waals surface area contributed by atoms with Crippen LogP contribution >= 0.6 is 0 Å². The van der Waals surface area contributed by atoms with E-state index in [0.29, 0.717) is 18.7 Å². The first-order chi connectivity index (χ1) is 12.6. The third-order valence-electron chi connectivity index (χ3n) is 3.27. The number of anilines is 2.